The van der Waals surface area contributed by atoms with Gasteiger partial charge in [0.25, 0.3) is 0 Å². The van der Waals surface area contributed by atoms with Gasteiger partial charge in [0, 0.05) is 11.8 Å². The predicted octanol–water partition coefficient (Wildman–Crippen LogP) is 5.50. The smallest absolute Gasteiger partial charge is 0.395 e. The van der Waals surface area contributed by atoms with Crippen LogP contribution in [-0.2, 0) is 0 Å². The predicted molar refractivity (Wildman–Crippen MR) is 88.9 cm³/mol. The molecule has 1 N–H and O–H groups in total. The lowest BCUT2D eigenvalue weighted by molar-refractivity contribution is -0.286. The van der Waals surface area contributed by atoms with E-state index in [4.69, 9.17) is 18.2 Å². The van der Waals surface area contributed by atoms with E-state index in [1.807, 2.05) is 0 Å². The molecule has 0 unspecified atom stereocenters. The van der Waals surface area contributed by atoms with E-state index < -0.39 is 6.29 Å². The fraction of sp³-hybridized carbons (Fsp3) is 0.0588. The molecule has 5 nitrogen and oxygen atoms in total. The molecule has 1 aromatic heterocycles. The maximum absolute atomic E-state index is 13.1. The van der Waals surface area contributed by atoms with Gasteiger partial charge >= 0.3 is 6.29 Å². The molecule has 1 aliphatic rings. The van der Waals surface area contributed by atoms with Crippen LogP contribution in [0, 0.1) is 6.57 Å². The van der Waals surface area contributed by atoms with Crippen molar-refractivity contribution in [1.29, 1.82) is 0 Å². The van der Waals surface area contributed by atoms with Crippen LogP contribution in [0.4, 0.5) is 26.0 Å². The van der Waals surface area contributed by atoms with Crippen LogP contribution < -0.4 is 14.8 Å². The van der Waals surface area contributed by atoms with Gasteiger partial charge in [0.15, 0.2) is 17.2 Å². The van der Waals surface area contributed by atoms with Gasteiger partial charge in [-0.2, -0.15) is 0 Å². The number of nitrogens with zero attached hydrogens (tertiary/aromatic N) is 2. The first-order chi connectivity index (χ1) is 11.9. The Labute approximate surface area is 145 Å². The first kappa shape index (κ1) is 15.4. The van der Waals surface area contributed by atoms with Crippen molar-refractivity contribution >= 4 is 39.7 Å². The maximum atomic E-state index is 13.1. The van der Waals surface area contributed by atoms with Crippen LogP contribution in [0.15, 0.2) is 42.5 Å². The molecule has 2 heterocycles. The van der Waals surface area contributed by atoms with Gasteiger partial charge in [-0.1, -0.05) is 17.7 Å². The summed E-state index contributed by atoms with van der Waals surface area (Å²) in [6.45, 7) is 7.05. The number of hydrogen-bond acceptors (Lipinski definition) is 4. The van der Waals surface area contributed by atoms with Gasteiger partial charge in [-0.3, -0.25) is 0 Å². The lowest BCUT2D eigenvalue weighted by Crippen LogP contribution is -2.25. The van der Waals surface area contributed by atoms with E-state index in [2.05, 4.69) is 24.6 Å². The molecule has 0 spiro atoms. The minimum absolute atomic E-state index is 0.0308. The summed E-state index contributed by atoms with van der Waals surface area (Å²) < 4.78 is 34.9. The van der Waals surface area contributed by atoms with Crippen LogP contribution in [0.1, 0.15) is 0 Å². The topological polar surface area (TPSA) is 47.7 Å². The highest BCUT2D eigenvalue weighted by atomic mass is 35.5. The van der Waals surface area contributed by atoms with Crippen molar-refractivity contribution in [3.8, 4) is 11.5 Å². The molecule has 3 aromatic rings. The zero-order chi connectivity index (χ0) is 17.6. The molecule has 2 aromatic carbocycles. The van der Waals surface area contributed by atoms with E-state index in [9.17, 15) is 8.78 Å². The molecule has 25 heavy (non-hydrogen) atoms. The van der Waals surface area contributed by atoms with Crippen molar-refractivity contribution in [1.82, 2.24) is 4.98 Å². The number of anilines is 2. The van der Waals surface area contributed by atoms with Gasteiger partial charge in [-0.15, -0.1) is 8.78 Å². The molecule has 0 bridgehead atoms. The molecule has 0 amide bonds. The fourth-order valence-corrected chi connectivity index (χ4v) is 2.75. The van der Waals surface area contributed by atoms with Crippen LogP contribution in [0.2, 0.25) is 5.02 Å². The van der Waals surface area contributed by atoms with E-state index in [1.54, 1.807) is 24.3 Å². The van der Waals surface area contributed by atoms with Gasteiger partial charge < -0.3 is 14.8 Å². The molecule has 4 rings (SSSR count). The molecule has 0 fully saturated rings. The lowest BCUT2D eigenvalue weighted by Gasteiger charge is -2.08. The summed E-state index contributed by atoms with van der Waals surface area (Å²) in [5.74, 6) is 0.378. The Balaban J connectivity index is 1.66. The van der Waals surface area contributed by atoms with E-state index in [1.165, 1.54) is 18.2 Å². The average molecular weight is 360 g/mol. The number of benzene rings is 2. The van der Waals surface area contributed by atoms with Gasteiger partial charge in [-0.05, 0) is 35.7 Å². The monoisotopic (exact) mass is 359 g/mol. The zero-order valence-electron chi connectivity index (χ0n) is 12.4. The normalized spacial score (nSPS) is 14.3. The number of rotatable bonds is 2. The van der Waals surface area contributed by atoms with Crippen molar-refractivity contribution < 1.29 is 18.3 Å². The van der Waals surface area contributed by atoms with E-state index in [-0.39, 0.29) is 11.5 Å². The van der Waals surface area contributed by atoms with E-state index >= 15 is 0 Å². The summed E-state index contributed by atoms with van der Waals surface area (Å²) in [5.41, 5.74) is 1.46. The molecule has 0 radical (unpaired) electrons. The molecular weight excluding hydrogens is 352 g/mol. The lowest BCUT2D eigenvalue weighted by atomic mass is 10.2. The number of pyridine rings is 1. The molecule has 124 valence electrons. The van der Waals surface area contributed by atoms with Gasteiger partial charge in [-0.25, -0.2) is 9.83 Å². The Morgan fingerprint density at radius 2 is 1.88 bits per heavy atom. The third kappa shape index (κ3) is 2.88. The SMILES string of the molecule is [C-]#[N+]c1cc(Cl)c2nc(Nc3ccc4c(c3)OC(F)(F)O4)ccc2c1. The van der Waals surface area contributed by atoms with Crippen LogP contribution in [0.5, 0.6) is 11.5 Å². The van der Waals surface area contributed by atoms with Crippen molar-refractivity contribution in [2.45, 2.75) is 6.29 Å². The van der Waals surface area contributed by atoms with Crippen LogP contribution >= 0.6 is 11.6 Å². The van der Waals surface area contributed by atoms with E-state index in [0.717, 1.165) is 5.39 Å². The summed E-state index contributed by atoms with van der Waals surface area (Å²) in [7, 11) is 0. The Morgan fingerprint density at radius 3 is 2.68 bits per heavy atom. The van der Waals surface area contributed by atoms with Crippen molar-refractivity contribution in [2.75, 3.05) is 5.32 Å². The molecular formula is C17H8ClF2N3O2. The second-order valence-corrected chi connectivity index (χ2v) is 5.67. The zero-order valence-corrected chi connectivity index (χ0v) is 13.1. The summed E-state index contributed by atoms with van der Waals surface area (Å²) in [6.07, 6.45) is -3.66. The first-order valence-corrected chi connectivity index (χ1v) is 7.46. The molecule has 8 heteroatoms. The third-order valence-electron chi connectivity index (χ3n) is 3.53. The van der Waals surface area contributed by atoms with Gasteiger partial charge in [0.05, 0.1) is 17.1 Å². The van der Waals surface area contributed by atoms with Crippen LogP contribution in [-0.4, -0.2) is 11.3 Å². The number of ether oxygens (including phenoxy) is 2. The highest BCUT2D eigenvalue weighted by molar-refractivity contribution is 6.35. The molecule has 0 saturated heterocycles. The van der Waals surface area contributed by atoms with Crippen LogP contribution in [0.25, 0.3) is 15.7 Å². The van der Waals surface area contributed by atoms with Crippen molar-refractivity contribution in [3.63, 3.8) is 0 Å². The average Bonchev–Trinajstić information content (AvgIpc) is 2.88. The van der Waals surface area contributed by atoms with E-state index in [0.29, 0.717) is 27.7 Å². The summed E-state index contributed by atoms with van der Waals surface area (Å²) >= 11 is 6.17. The summed E-state index contributed by atoms with van der Waals surface area (Å²) in [6, 6.07) is 11.0. The Bertz CT molecular complexity index is 1050. The number of fused-ring (bicyclic) bond motifs is 2. The van der Waals surface area contributed by atoms with Gasteiger partial charge in [0.1, 0.15) is 5.82 Å². The molecule has 1 aliphatic heterocycles. The number of hydrogen-bond donors (Lipinski definition) is 1. The molecule has 0 aliphatic carbocycles. The number of alkyl halides is 2. The number of aromatic nitrogens is 1. The first-order valence-electron chi connectivity index (χ1n) is 7.08. The quantitative estimate of drug-likeness (QED) is 0.613. The van der Waals surface area contributed by atoms with Crippen molar-refractivity contribution in [3.05, 3.63) is 58.9 Å². The second-order valence-electron chi connectivity index (χ2n) is 5.26. The minimum atomic E-state index is -3.66. The fourth-order valence-electron chi connectivity index (χ4n) is 2.49. The van der Waals surface area contributed by atoms with Crippen LogP contribution in [0.3, 0.4) is 0 Å². The standard InChI is InChI=1S/C17H8ClF2N3O2/c1-21-11-6-9-2-5-15(23-16(9)12(18)7-11)22-10-3-4-13-14(8-10)25-17(19,20)24-13/h2-8H,(H,22,23). The number of halogens is 3. The third-order valence-corrected chi connectivity index (χ3v) is 3.82. The summed E-state index contributed by atoms with van der Waals surface area (Å²) in [5, 5.41) is 4.09. The number of nitrogens with one attached hydrogen (secondary N) is 1. The Hall–Kier alpha value is -3.11. The Morgan fingerprint density at radius 1 is 1.08 bits per heavy atom. The maximum Gasteiger partial charge on any atom is 0.586 e. The molecule has 0 atom stereocenters. The second kappa shape index (κ2) is 5.46. The Kier molecular flexibility index (Phi) is 3.37. The largest absolute Gasteiger partial charge is 0.586 e. The minimum Gasteiger partial charge on any atom is -0.395 e. The molecule has 0 saturated carbocycles. The summed E-state index contributed by atoms with van der Waals surface area (Å²) in [4.78, 5) is 7.75. The van der Waals surface area contributed by atoms with Gasteiger partial charge in [0.2, 0.25) is 0 Å². The van der Waals surface area contributed by atoms with Crippen molar-refractivity contribution in [2.24, 2.45) is 0 Å². The highest BCUT2D eigenvalue weighted by Crippen LogP contribution is 2.42. The highest BCUT2D eigenvalue weighted by Gasteiger charge is 2.43.